The van der Waals surface area contributed by atoms with Crippen molar-refractivity contribution in [3.05, 3.63) is 22.4 Å². The van der Waals surface area contributed by atoms with Gasteiger partial charge in [-0.25, -0.2) is 0 Å². The van der Waals surface area contributed by atoms with Gasteiger partial charge in [-0.1, -0.05) is 6.07 Å². The Morgan fingerprint density at radius 3 is 3.27 bits per heavy atom. The summed E-state index contributed by atoms with van der Waals surface area (Å²) in [5.41, 5.74) is 5.61. The fourth-order valence-corrected chi connectivity index (χ4v) is 2.34. The second kappa shape index (κ2) is 4.74. The summed E-state index contributed by atoms with van der Waals surface area (Å²) in [6.07, 6.45) is 0. The maximum atomic E-state index is 12.1. The Kier molecular flexibility index (Phi) is 3.35. The number of ether oxygens (including phenoxy) is 1. The van der Waals surface area contributed by atoms with Crippen molar-refractivity contribution in [2.75, 3.05) is 26.3 Å². The van der Waals surface area contributed by atoms with E-state index in [1.165, 1.54) is 11.3 Å². The minimum atomic E-state index is 0.0216. The number of nitrogens with two attached hydrogens (primary N) is 1. The van der Waals surface area contributed by atoms with Crippen LogP contribution in [0.5, 0.6) is 0 Å². The average molecular weight is 226 g/mol. The van der Waals surface area contributed by atoms with E-state index in [0.29, 0.717) is 26.3 Å². The molecular formula is C10H14N2O2S. The van der Waals surface area contributed by atoms with E-state index in [1.54, 1.807) is 0 Å². The molecule has 2 heterocycles. The standard InChI is InChI=1S/C10H14N2O2S/c11-6-8-7-14-4-3-12(8)10(13)9-2-1-5-15-9/h1-2,5,8H,3-4,6-7,11H2. The van der Waals surface area contributed by atoms with E-state index in [4.69, 9.17) is 10.5 Å². The molecule has 2 N–H and O–H groups in total. The van der Waals surface area contributed by atoms with E-state index in [1.807, 2.05) is 22.4 Å². The quantitative estimate of drug-likeness (QED) is 0.801. The van der Waals surface area contributed by atoms with Crippen LogP contribution in [-0.2, 0) is 4.74 Å². The van der Waals surface area contributed by atoms with Crippen molar-refractivity contribution in [2.45, 2.75) is 6.04 Å². The van der Waals surface area contributed by atoms with E-state index in [-0.39, 0.29) is 11.9 Å². The highest BCUT2D eigenvalue weighted by Crippen LogP contribution is 2.15. The topological polar surface area (TPSA) is 55.6 Å². The molecule has 4 nitrogen and oxygen atoms in total. The van der Waals surface area contributed by atoms with E-state index >= 15 is 0 Å². The third-order valence-electron chi connectivity index (χ3n) is 2.49. The van der Waals surface area contributed by atoms with Gasteiger partial charge in [0.25, 0.3) is 5.91 Å². The molecule has 82 valence electrons. The second-order valence-electron chi connectivity index (χ2n) is 3.44. The fourth-order valence-electron chi connectivity index (χ4n) is 1.66. The molecule has 1 aromatic heterocycles. The van der Waals surface area contributed by atoms with Gasteiger partial charge in [0.05, 0.1) is 24.1 Å². The molecule has 0 saturated carbocycles. The van der Waals surface area contributed by atoms with E-state index in [2.05, 4.69) is 0 Å². The second-order valence-corrected chi connectivity index (χ2v) is 4.39. The molecule has 0 radical (unpaired) electrons. The first-order valence-corrected chi connectivity index (χ1v) is 5.83. The molecule has 1 aliphatic rings. The van der Waals surface area contributed by atoms with Crippen molar-refractivity contribution in [1.29, 1.82) is 0 Å². The average Bonchev–Trinajstić information content (AvgIpc) is 2.81. The molecule has 15 heavy (non-hydrogen) atoms. The number of hydrogen-bond acceptors (Lipinski definition) is 4. The third-order valence-corrected chi connectivity index (χ3v) is 3.35. The van der Waals surface area contributed by atoms with Gasteiger partial charge in [0, 0.05) is 13.1 Å². The maximum Gasteiger partial charge on any atom is 0.264 e. The highest BCUT2D eigenvalue weighted by Gasteiger charge is 2.27. The van der Waals surface area contributed by atoms with Crippen molar-refractivity contribution in [3.63, 3.8) is 0 Å². The highest BCUT2D eigenvalue weighted by atomic mass is 32.1. The summed E-state index contributed by atoms with van der Waals surface area (Å²) < 4.78 is 5.30. The van der Waals surface area contributed by atoms with Crippen LogP contribution in [0.15, 0.2) is 17.5 Å². The first-order chi connectivity index (χ1) is 7.33. The molecule has 1 fully saturated rings. The SMILES string of the molecule is NCC1COCCN1C(=O)c1cccs1. The fraction of sp³-hybridized carbons (Fsp3) is 0.500. The molecule has 0 aliphatic carbocycles. The molecule has 1 amide bonds. The molecule has 1 saturated heterocycles. The number of carbonyl (C=O) groups is 1. The van der Waals surface area contributed by atoms with Crippen molar-refractivity contribution in [3.8, 4) is 0 Å². The summed E-state index contributed by atoms with van der Waals surface area (Å²) in [5, 5.41) is 1.91. The van der Waals surface area contributed by atoms with Crippen LogP contribution in [0.3, 0.4) is 0 Å². The maximum absolute atomic E-state index is 12.1. The Morgan fingerprint density at radius 1 is 1.73 bits per heavy atom. The number of amides is 1. The molecule has 1 atom stereocenters. The lowest BCUT2D eigenvalue weighted by Crippen LogP contribution is -2.51. The first-order valence-electron chi connectivity index (χ1n) is 4.95. The van der Waals surface area contributed by atoms with E-state index in [9.17, 15) is 4.79 Å². The van der Waals surface area contributed by atoms with Gasteiger partial charge in [0.2, 0.25) is 0 Å². The first kappa shape index (κ1) is 10.6. The monoisotopic (exact) mass is 226 g/mol. The Balaban J connectivity index is 2.11. The summed E-state index contributed by atoms with van der Waals surface area (Å²) in [6.45, 7) is 2.25. The highest BCUT2D eigenvalue weighted by molar-refractivity contribution is 7.12. The van der Waals surface area contributed by atoms with E-state index < -0.39 is 0 Å². The third kappa shape index (κ3) is 2.19. The molecule has 1 aromatic rings. The lowest BCUT2D eigenvalue weighted by Gasteiger charge is -2.34. The van der Waals surface area contributed by atoms with Crippen LogP contribution >= 0.6 is 11.3 Å². The smallest absolute Gasteiger partial charge is 0.264 e. The molecular weight excluding hydrogens is 212 g/mol. The zero-order valence-corrected chi connectivity index (χ0v) is 9.20. The van der Waals surface area contributed by atoms with Gasteiger partial charge in [-0.15, -0.1) is 11.3 Å². The van der Waals surface area contributed by atoms with Gasteiger partial charge in [-0.2, -0.15) is 0 Å². The molecule has 1 aliphatic heterocycles. The Bertz CT molecular complexity index is 326. The Hall–Kier alpha value is -0.910. The van der Waals surface area contributed by atoms with Gasteiger partial charge >= 0.3 is 0 Å². The minimum Gasteiger partial charge on any atom is -0.377 e. The number of hydrogen-bond donors (Lipinski definition) is 1. The predicted octanol–water partition coefficient (Wildman–Crippen LogP) is 0.548. The van der Waals surface area contributed by atoms with Gasteiger partial charge in [0.15, 0.2) is 0 Å². The van der Waals surface area contributed by atoms with Gasteiger partial charge < -0.3 is 15.4 Å². The van der Waals surface area contributed by atoms with Crippen molar-refractivity contribution < 1.29 is 9.53 Å². The van der Waals surface area contributed by atoms with Gasteiger partial charge in [-0.05, 0) is 11.4 Å². The molecule has 5 heteroatoms. The number of nitrogens with zero attached hydrogens (tertiary/aromatic N) is 1. The van der Waals surface area contributed by atoms with Crippen LogP contribution in [-0.4, -0.2) is 43.2 Å². The molecule has 2 rings (SSSR count). The summed E-state index contributed by atoms with van der Waals surface area (Å²) in [4.78, 5) is 14.6. The minimum absolute atomic E-state index is 0.0216. The van der Waals surface area contributed by atoms with Crippen molar-refractivity contribution >= 4 is 17.2 Å². The molecule has 0 spiro atoms. The van der Waals surface area contributed by atoms with Crippen molar-refractivity contribution in [1.82, 2.24) is 4.90 Å². The predicted molar refractivity (Wildman–Crippen MR) is 59.0 cm³/mol. The van der Waals surface area contributed by atoms with Crippen LogP contribution < -0.4 is 5.73 Å². The van der Waals surface area contributed by atoms with Crippen LogP contribution in [0.4, 0.5) is 0 Å². The van der Waals surface area contributed by atoms with Crippen molar-refractivity contribution in [2.24, 2.45) is 5.73 Å². The largest absolute Gasteiger partial charge is 0.377 e. The van der Waals surface area contributed by atoms with Gasteiger partial charge in [-0.3, -0.25) is 4.79 Å². The van der Waals surface area contributed by atoms with Gasteiger partial charge in [0.1, 0.15) is 0 Å². The summed E-state index contributed by atoms with van der Waals surface area (Å²) in [7, 11) is 0. The molecule has 1 unspecified atom stereocenters. The Labute approximate surface area is 92.6 Å². The number of rotatable bonds is 2. The zero-order valence-electron chi connectivity index (χ0n) is 8.39. The van der Waals surface area contributed by atoms with Crippen LogP contribution in [0.2, 0.25) is 0 Å². The summed E-state index contributed by atoms with van der Waals surface area (Å²) in [6, 6.07) is 3.75. The number of carbonyl (C=O) groups excluding carboxylic acids is 1. The van der Waals surface area contributed by atoms with Crippen LogP contribution in [0.25, 0.3) is 0 Å². The lowest BCUT2D eigenvalue weighted by molar-refractivity contribution is 0.00111. The molecule has 0 bridgehead atoms. The van der Waals surface area contributed by atoms with E-state index in [0.717, 1.165) is 4.88 Å². The number of morpholine rings is 1. The zero-order chi connectivity index (χ0) is 10.7. The van der Waals surface area contributed by atoms with Crippen LogP contribution in [0, 0.1) is 0 Å². The molecule has 0 aromatic carbocycles. The lowest BCUT2D eigenvalue weighted by atomic mass is 10.2. The van der Waals surface area contributed by atoms with Crippen LogP contribution in [0.1, 0.15) is 9.67 Å². The summed E-state index contributed by atoms with van der Waals surface area (Å²) >= 11 is 1.46. The normalized spacial score (nSPS) is 21.7. The summed E-state index contributed by atoms with van der Waals surface area (Å²) in [5.74, 6) is 0.0729. The number of thiophene rings is 1. The Morgan fingerprint density at radius 2 is 2.60 bits per heavy atom.